The minimum Gasteiger partial charge on any atom is -0.494 e. The van der Waals surface area contributed by atoms with Gasteiger partial charge >= 0.3 is 24.6 Å². The smallest absolute Gasteiger partial charge is 0.435 e. The Morgan fingerprint density at radius 3 is 2.07 bits per heavy atom. The summed E-state index contributed by atoms with van der Waals surface area (Å²) in [6.07, 6.45) is -14.0. The fourth-order valence-electron chi connectivity index (χ4n) is 4.56. The molecule has 0 bridgehead atoms. The van der Waals surface area contributed by atoms with Gasteiger partial charge in [0.05, 0.1) is 28.9 Å². The number of Topliss-reactive ketones (excluding diaryl/α,β-unsaturated/α-hetero) is 1. The molecule has 0 aliphatic heterocycles. The second-order valence-electron chi connectivity index (χ2n) is 9.43. The third kappa shape index (κ3) is 6.97. The summed E-state index contributed by atoms with van der Waals surface area (Å²) in [5.41, 5.74) is -9.57. The monoisotopic (exact) mass is 673 g/mol. The van der Waals surface area contributed by atoms with Crippen molar-refractivity contribution in [2.24, 2.45) is 0 Å². The van der Waals surface area contributed by atoms with Crippen LogP contribution in [-0.2, 0) is 12.1 Å². The number of anilines is 1. The molecule has 0 saturated carbocycles. The molecule has 0 aromatic heterocycles. The molecule has 0 heterocycles. The van der Waals surface area contributed by atoms with Gasteiger partial charge in [-0.15, -0.1) is 0 Å². The van der Waals surface area contributed by atoms with Gasteiger partial charge in [0.1, 0.15) is 11.6 Å². The molecule has 0 unspecified atom stereocenters. The normalized spacial score (nSPS) is 12.3. The van der Waals surface area contributed by atoms with Gasteiger partial charge in [0.25, 0.3) is 5.91 Å². The van der Waals surface area contributed by atoms with Crippen LogP contribution in [0.3, 0.4) is 0 Å². The summed E-state index contributed by atoms with van der Waals surface area (Å²) in [5.74, 6) is -3.91. The molecule has 3 aromatic carbocycles. The zero-order valence-electron chi connectivity index (χ0n) is 23.3. The van der Waals surface area contributed by atoms with E-state index in [0.29, 0.717) is 0 Å². The van der Waals surface area contributed by atoms with Gasteiger partial charge in [-0.05, 0) is 55.8 Å². The number of carbonyl (C=O) groups excluding carboxylic acids is 2. The van der Waals surface area contributed by atoms with Gasteiger partial charge in [-0.2, -0.15) is 35.1 Å². The van der Waals surface area contributed by atoms with E-state index < -0.39 is 71.0 Å². The number of ether oxygens (including phenoxy) is 2. The summed E-state index contributed by atoms with van der Waals surface area (Å²) >= 11 is 6.03. The molecule has 0 saturated heterocycles. The van der Waals surface area contributed by atoms with Gasteiger partial charge in [-0.25, -0.2) is 8.78 Å². The van der Waals surface area contributed by atoms with Crippen molar-refractivity contribution in [1.82, 2.24) is 0 Å². The zero-order chi connectivity index (χ0) is 34.1. The van der Waals surface area contributed by atoms with Crippen LogP contribution < -0.4 is 14.4 Å². The third-order valence-corrected chi connectivity index (χ3v) is 6.99. The van der Waals surface area contributed by atoms with E-state index in [1.165, 1.54) is 18.2 Å². The maximum Gasteiger partial charge on any atom is 0.435 e. The average molecular weight is 674 g/mol. The number of hydrogen-bond donors (Lipinski definition) is 0. The quantitative estimate of drug-likeness (QED) is 0.160. The topological polar surface area (TPSA) is 55.8 Å². The third-order valence-electron chi connectivity index (χ3n) is 6.68. The highest BCUT2D eigenvalue weighted by Gasteiger charge is 2.73. The number of para-hydroxylation sites is 1. The minimum absolute atomic E-state index is 0.00457. The van der Waals surface area contributed by atoms with Crippen molar-refractivity contribution < 1.29 is 63.0 Å². The van der Waals surface area contributed by atoms with E-state index in [1.807, 2.05) is 0 Å². The van der Waals surface area contributed by atoms with Crippen molar-refractivity contribution in [3.63, 3.8) is 0 Å². The summed E-state index contributed by atoms with van der Waals surface area (Å²) in [5, 5.41) is -0.219. The fraction of sp³-hybridized carbons (Fsp3) is 0.310. The van der Waals surface area contributed by atoms with Crippen molar-refractivity contribution in [1.29, 1.82) is 0 Å². The Morgan fingerprint density at radius 2 is 1.56 bits per heavy atom. The van der Waals surface area contributed by atoms with Crippen LogP contribution in [0, 0.1) is 12.7 Å². The van der Waals surface area contributed by atoms with E-state index in [-0.39, 0.29) is 46.3 Å². The molecule has 3 aromatic rings. The zero-order valence-corrected chi connectivity index (χ0v) is 24.1. The van der Waals surface area contributed by atoms with Crippen molar-refractivity contribution in [3.05, 3.63) is 87.2 Å². The number of carbonyl (C=O) groups is 2. The first-order valence-electron chi connectivity index (χ1n) is 12.7. The number of alkyl halides is 9. The SMILES string of the molecule is CCN(C(=O)c1ccc(F)cc1Cl)c1cccc(C(=O)Cc2c(C)cc(C(F)(C(F)(F)F)C(F)(F)F)cc2OC(F)F)c1OC. The van der Waals surface area contributed by atoms with Crippen LogP contribution in [0.1, 0.15) is 44.3 Å². The number of aryl methyl sites for hydroxylation is 1. The molecule has 1 amide bonds. The highest BCUT2D eigenvalue weighted by molar-refractivity contribution is 6.34. The maximum absolute atomic E-state index is 14.7. The summed E-state index contributed by atoms with van der Waals surface area (Å²) in [7, 11) is 1.12. The second kappa shape index (κ2) is 13.2. The Bertz CT molecular complexity index is 1580. The van der Waals surface area contributed by atoms with Crippen LogP contribution in [-0.4, -0.2) is 44.3 Å². The van der Waals surface area contributed by atoms with Gasteiger partial charge in [0, 0.05) is 24.1 Å². The first-order chi connectivity index (χ1) is 20.8. The van der Waals surface area contributed by atoms with Gasteiger partial charge in [0.15, 0.2) is 11.5 Å². The summed E-state index contributed by atoms with van der Waals surface area (Å²) in [6.45, 7) is -1.37. The van der Waals surface area contributed by atoms with Crippen LogP contribution in [0.15, 0.2) is 48.5 Å². The number of ketones is 1. The predicted molar refractivity (Wildman–Crippen MR) is 142 cm³/mol. The van der Waals surface area contributed by atoms with Crippen LogP contribution in [0.2, 0.25) is 5.02 Å². The average Bonchev–Trinajstić information content (AvgIpc) is 2.92. The van der Waals surface area contributed by atoms with Gasteiger partial charge in [-0.1, -0.05) is 23.7 Å². The Kier molecular flexibility index (Phi) is 10.4. The van der Waals surface area contributed by atoms with Gasteiger partial charge in [-0.3, -0.25) is 9.59 Å². The molecule has 0 aliphatic carbocycles. The molecule has 0 N–H and O–H groups in total. The summed E-state index contributed by atoms with van der Waals surface area (Å²) in [4.78, 5) is 27.9. The van der Waals surface area contributed by atoms with E-state index in [4.69, 9.17) is 16.3 Å². The molecule has 0 aliphatic rings. The van der Waals surface area contributed by atoms with Crippen molar-refractivity contribution >= 4 is 29.0 Å². The molecule has 0 fully saturated rings. The molecule has 244 valence electrons. The number of benzene rings is 3. The molecule has 45 heavy (non-hydrogen) atoms. The fourth-order valence-corrected chi connectivity index (χ4v) is 4.81. The number of methoxy groups -OCH3 is 1. The summed E-state index contributed by atoms with van der Waals surface area (Å²) in [6, 6.07) is 6.87. The Morgan fingerprint density at radius 1 is 0.933 bits per heavy atom. The molecule has 0 atom stereocenters. The number of nitrogens with zero attached hydrogens (tertiary/aromatic N) is 1. The molecular weight excluding hydrogens is 652 g/mol. The van der Waals surface area contributed by atoms with Crippen LogP contribution in [0.5, 0.6) is 11.5 Å². The number of amides is 1. The van der Waals surface area contributed by atoms with Crippen LogP contribution in [0.4, 0.5) is 49.6 Å². The number of halogens is 11. The predicted octanol–water partition coefficient (Wildman–Crippen LogP) is 8.78. The minimum atomic E-state index is -6.54. The van der Waals surface area contributed by atoms with E-state index in [2.05, 4.69) is 4.74 Å². The highest BCUT2D eigenvalue weighted by atomic mass is 35.5. The van der Waals surface area contributed by atoms with Crippen LogP contribution in [0.25, 0.3) is 0 Å². The van der Waals surface area contributed by atoms with E-state index in [1.54, 1.807) is 6.92 Å². The molecule has 5 nitrogen and oxygen atoms in total. The Hall–Kier alpha value is -4.01. The second-order valence-corrected chi connectivity index (χ2v) is 9.84. The van der Waals surface area contributed by atoms with E-state index in [0.717, 1.165) is 37.1 Å². The lowest BCUT2D eigenvalue weighted by atomic mass is 9.89. The lowest BCUT2D eigenvalue weighted by Crippen LogP contribution is -2.50. The summed E-state index contributed by atoms with van der Waals surface area (Å²) < 4.78 is 144. The van der Waals surface area contributed by atoms with E-state index >= 15 is 0 Å². The highest BCUT2D eigenvalue weighted by Crippen LogP contribution is 2.54. The first-order valence-corrected chi connectivity index (χ1v) is 13.0. The van der Waals surface area contributed by atoms with Gasteiger partial charge in [0.2, 0.25) is 0 Å². The lowest BCUT2D eigenvalue weighted by Gasteiger charge is -2.31. The Balaban J connectivity index is 2.12. The molecular formula is C29H22ClF10NO4. The maximum atomic E-state index is 14.7. The first kappa shape index (κ1) is 35.5. The molecule has 3 rings (SSSR count). The van der Waals surface area contributed by atoms with E-state index in [9.17, 15) is 53.5 Å². The largest absolute Gasteiger partial charge is 0.494 e. The lowest BCUT2D eigenvalue weighted by molar-refractivity contribution is -0.348. The molecule has 0 radical (unpaired) electrons. The number of rotatable bonds is 10. The van der Waals surface area contributed by atoms with Crippen molar-refractivity contribution in [3.8, 4) is 11.5 Å². The van der Waals surface area contributed by atoms with Gasteiger partial charge < -0.3 is 14.4 Å². The standard InChI is InChI=1S/C29H22ClF10NO4/c1-4-41(25(43)17-9-8-16(31)12-20(17)30)21-7-5-6-18(24(21)44-3)22(42)13-19-14(2)10-15(11-23(19)45-26(32)33)27(34,28(35,36)37)29(38,39)40/h5-12,26H,4,13H2,1-3H3. The Labute approximate surface area is 254 Å². The molecule has 0 spiro atoms. The van der Waals surface area contributed by atoms with Crippen molar-refractivity contribution in [2.45, 2.75) is 44.9 Å². The van der Waals surface area contributed by atoms with Crippen LogP contribution >= 0.6 is 11.6 Å². The molecule has 16 heteroatoms. The van der Waals surface area contributed by atoms with Crippen molar-refractivity contribution in [2.75, 3.05) is 18.6 Å². The number of hydrogen-bond acceptors (Lipinski definition) is 4.